The Morgan fingerprint density at radius 2 is 2.00 bits per heavy atom. The second kappa shape index (κ2) is 9.86. The highest BCUT2D eigenvalue weighted by Gasteiger charge is 2.29. The zero-order valence-corrected chi connectivity index (χ0v) is 19.4. The summed E-state index contributed by atoms with van der Waals surface area (Å²) in [5.74, 6) is 2.59. The highest BCUT2D eigenvalue weighted by molar-refractivity contribution is 5.74. The summed E-state index contributed by atoms with van der Waals surface area (Å²) >= 11 is 0. The van der Waals surface area contributed by atoms with Crippen molar-refractivity contribution in [2.24, 2.45) is 0 Å². The van der Waals surface area contributed by atoms with Crippen LogP contribution in [0.2, 0.25) is 0 Å². The van der Waals surface area contributed by atoms with E-state index in [0.29, 0.717) is 36.7 Å². The summed E-state index contributed by atoms with van der Waals surface area (Å²) in [4.78, 5) is 9.70. The summed E-state index contributed by atoms with van der Waals surface area (Å²) in [6, 6.07) is 7.68. The lowest BCUT2D eigenvalue weighted by Gasteiger charge is -2.33. The van der Waals surface area contributed by atoms with Crippen LogP contribution in [0.5, 0.6) is 5.75 Å². The number of aliphatic hydroxyl groups excluding tert-OH is 2. The van der Waals surface area contributed by atoms with Crippen LogP contribution in [0.3, 0.4) is 0 Å². The lowest BCUT2D eigenvalue weighted by molar-refractivity contribution is 0.0835. The van der Waals surface area contributed by atoms with E-state index in [9.17, 15) is 10.2 Å². The van der Waals surface area contributed by atoms with E-state index in [1.54, 1.807) is 7.05 Å². The molecule has 1 unspecified atom stereocenters. The standard InChI is InChI=1S/C24H31N5O4/c1-13-22(21-14(2)29-33-15(21)3)27-24(28-23(13)26-17-9-18(30)10-17)16-6-5-7-20(8-16)32-12-19(31)11-25-4/h5-8,17-19,25,30-31H,9-12H2,1-4H3,(H,26,27,28)/t17-,18-,19?. The molecular formula is C24H31N5O4. The maximum Gasteiger partial charge on any atom is 0.162 e. The van der Waals surface area contributed by atoms with Crippen molar-refractivity contribution in [2.45, 2.75) is 51.9 Å². The van der Waals surface area contributed by atoms with E-state index < -0.39 is 6.10 Å². The molecule has 4 rings (SSSR count). The highest BCUT2D eigenvalue weighted by Crippen LogP contribution is 2.35. The Kier molecular flexibility index (Phi) is 6.92. The van der Waals surface area contributed by atoms with Crippen LogP contribution in [0.1, 0.15) is 29.9 Å². The van der Waals surface area contributed by atoms with Crippen molar-refractivity contribution in [1.29, 1.82) is 0 Å². The largest absolute Gasteiger partial charge is 0.491 e. The number of nitrogens with one attached hydrogen (secondary N) is 2. The van der Waals surface area contributed by atoms with E-state index in [-0.39, 0.29) is 18.8 Å². The second-order valence-electron chi connectivity index (χ2n) is 8.59. The van der Waals surface area contributed by atoms with E-state index in [1.807, 2.05) is 45.0 Å². The van der Waals surface area contributed by atoms with E-state index >= 15 is 0 Å². The summed E-state index contributed by atoms with van der Waals surface area (Å²) in [6.07, 6.45) is 0.516. The number of benzene rings is 1. The average Bonchev–Trinajstić information content (AvgIpc) is 3.11. The Balaban J connectivity index is 1.70. The zero-order valence-electron chi connectivity index (χ0n) is 19.4. The SMILES string of the molecule is CNCC(O)COc1cccc(-c2nc(N[C@H]3C[C@H](O)C3)c(C)c(-c3c(C)noc3C)n2)c1. The number of aliphatic hydroxyl groups is 2. The Hall–Kier alpha value is -3.01. The minimum Gasteiger partial charge on any atom is -0.491 e. The van der Waals surface area contributed by atoms with Gasteiger partial charge in [0.2, 0.25) is 0 Å². The predicted molar refractivity (Wildman–Crippen MR) is 125 cm³/mol. The third-order valence-electron chi connectivity index (χ3n) is 5.84. The molecule has 2 aromatic heterocycles. The fraction of sp³-hybridized carbons (Fsp3) is 0.458. The predicted octanol–water partition coefficient (Wildman–Crippen LogP) is 2.62. The first-order valence-corrected chi connectivity index (χ1v) is 11.2. The molecule has 9 heteroatoms. The van der Waals surface area contributed by atoms with Crippen molar-refractivity contribution < 1.29 is 19.5 Å². The number of anilines is 1. The molecule has 0 amide bonds. The van der Waals surface area contributed by atoms with Gasteiger partial charge in [0.1, 0.15) is 30.0 Å². The van der Waals surface area contributed by atoms with E-state index in [0.717, 1.165) is 33.9 Å². The molecule has 0 aliphatic heterocycles. The number of rotatable bonds is 9. The number of hydrogen-bond acceptors (Lipinski definition) is 9. The first kappa shape index (κ1) is 23.2. The van der Waals surface area contributed by atoms with Gasteiger partial charge in [0.15, 0.2) is 5.82 Å². The van der Waals surface area contributed by atoms with Crippen LogP contribution in [-0.4, -0.2) is 63.8 Å². The van der Waals surface area contributed by atoms with Gasteiger partial charge in [-0.15, -0.1) is 0 Å². The Labute approximate surface area is 193 Å². The molecule has 0 radical (unpaired) electrons. The van der Waals surface area contributed by atoms with E-state index in [1.165, 1.54) is 0 Å². The van der Waals surface area contributed by atoms with Crippen LogP contribution in [0.25, 0.3) is 22.6 Å². The molecular weight excluding hydrogens is 422 g/mol. The first-order chi connectivity index (χ1) is 15.9. The first-order valence-electron chi connectivity index (χ1n) is 11.2. The highest BCUT2D eigenvalue weighted by atomic mass is 16.5. The van der Waals surface area contributed by atoms with Gasteiger partial charge in [0, 0.05) is 23.7 Å². The van der Waals surface area contributed by atoms with Gasteiger partial charge < -0.3 is 30.1 Å². The molecule has 1 atom stereocenters. The molecule has 0 saturated heterocycles. The van der Waals surface area contributed by atoms with Crippen molar-refractivity contribution in [3.63, 3.8) is 0 Å². The van der Waals surface area contributed by atoms with Gasteiger partial charge in [-0.1, -0.05) is 17.3 Å². The van der Waals surface area contributed by atoms with Crippen LogP contribution in [-0.2, 0) is 0 Å². The summed E-state index contributed by atoms with van der Waals surface area (Å²) in [6.45, 7) is 6.38. The number of aromatic nitrogens is 3. The monoisotopic (exact) mass is 453 g/mol. The van der Waals surface area contributed by atoms with Gasteiger partial charge in [-0.2, -0.15) is 0 Å². The molecule has 9 nitrogen and oxygen atoms in total. The van der Waals surface area contributed by atoms with E-state index in [4.69, 9.17) is 19.2 Å². The third kappa shape index (κ3) is 5.16. The fourth-order valence-electron chi connectivity index (χ4n) is 3.96. The zero-order chi connectivity index (χ0) is 23.5. The van der Waals surface area contributed by atoms with Crippen molar-refractivity contribution >= 4 is 5.82 Å². The molecule has 1 aliphatic carbocycles. The van der Waals surface area contributed by atoms with Crippen molar-refractivity contribution in [2.75, 3.05) is 25.5 Å². The van der Waals surface area contributed by atoms with Gasteiger partial charge in [-0.25, -0.2) is 9.97 Å². The van der Waals surface area contributed by atoms with Gasteiger partial charge in [-0.3, -0.25) is 0 Å². The quantitative estimate of drug-likeness (QED) is 0.387. The van der Waals surface area contributed by atoms with Crippen LogP contribution in [0.4, 0.5) is 5.82 Å². The molecule has 3 aromatic rings. The minimum atomic E-state index is -0.603. The normalized spacial score (nSPS) is 18.6. The fourth-order valence-corrected chi connectivity index (χ4v) is 3.96. The topological polar surface area (TPSA) is 126 Å². The van der Waals surface area contributed by atoms with Crippen LogP contribution in [0, 0.1) is 20.8 Å². The molecule has 4 N–H and O–H groups in total. The molecule has 1 aliphatic rings. The molecule has 2 heterocycles. The molecule has 1 aromatic carbocycles. The lowest BCUT2D eigenvalue weighted by Crippen LogP contribution is -2.39. The Morgan fingerprint density at radius 1 is 1.21 bits per heavy atom. The van der Waals surface area contributed by atoms with Crippen LogP contribution in [0.15, 0.2) is 28.8 Å². The van der Waals surface area contributed by atoms with E-state index in [2.05, 4.69) is 15.8 Å². The van der Waals surface area contributed by atoms with Gasteiger partial charge in [-0.05, 0) is 52.8 Å². The summed E-state index contributed by atoms with van der Waals surface area (Å²) in [5.41, 5.74) is 4.07. The molecule has 176 valence electrons. The van der Waals surface area contributed by atoms with Gasteiger partial charge >= 0.3 is 0 Å². The number of nitrogens with zero attached hydrogens (tertiary/aromatic N) is 3. The maximum atomic E-state index is 9.94. The molecule has 0 spiro atoms. The molecule has 1 fully saturated rings. The molecule has 1 saturated carbocycles. The lowest BCUT2D eigenvalue weighted by atomic mass is 9.89. The van der Waals surface area contributed by atoms with Crippen LogP contribution >= 0.6 is 0 Å². The number of likely N-dealkylation sites (N-methyl/N-ethyl adjacent to an activating group) is 1. The average molecular weight is 454 g/mol. The molecule has 33 heavy (non-hydrogen) atoms. The Morgan fingerprint density at radius 3 is 2.67 bits per heavy atom. The smallest absolute Gasteiger partial charge is 0.162 e. The number of ether oxygens (including phenoxy) is 1. The number of aryl methyl sites for hydroxylation is 2. The van der Waals surface area contributed by atoms with Crippen molar-refractivity contribution in [3.8, 4) is 28.4 Å². The summed E-state index contributed by atoms with van der Waals surface area (Å²) < 4.78 is 11.2. The minimum absolute atomic E-state index is 0.169. The van der Waals surface area contributed by atoms with Crippen molar-refractivity contribution in [1.82, 2.24) is 20.4 Å². The third-order valence-corrected chi connectivity index (χ3v) is 5.84. The number of hydrogen-bond donors (Lipinski definition) is 4. The van der Waals surface area contributed by atoms with Crippen LogP contribution < -0.4 is 15.4 Å². The summed E-state index contributed by atoms with van der Waals surface area (Å²) in [5, 5.41) is 30.1. The van der Waals surface area contributed by atoms with Gasteiger partial charge in [0.25, 0.3) is 0 Å². The van der Waals surface area contributed by atoms with Gasteiger partial charge in [0.05, 0.1) is 23.1 Å². The Bertz CT molecular complexity index is 1090. The summed E-state index contributed by atoms with van der Waals surface area (Å²) in [7, 11) is 1.78. The second-order valence-corrected chi connectivity index (χ2v) is 8.59. The van der Waals surface area contributed by atoms with Crippen molar-refractivity contribution in [3.05, 3.63) is 41.3 Å². The maximum absolute atomic E-state index is 9.94. The molecule has 0 bridgehead atoms.